The molecule has 0 aromatic heterocycles. The molecule has 0 N–H and O–H groups in total. The van der Waals surface area contributed by atoms with E-state index in [1.54, 1.807) is 48.5 Å². The van der Waals surface area contributed by atoms with Gasteiger partial charge in [0, 0.05) is 0 Å². The Bertz CT molecular complexity index is 598. The number of rotatable bonds is 16. The second-order valence-corrected chi connectivity index (χ2v) is 10.3. The van der Waals surface area contributed by atoms with Gasteiger partial charge in [-0.1, -0.05) is 27.7 Å². The highest BCUT2D eigenvalue weighted by Gasteiger charge is 2.36. The molecular weight excluding hydrogens is 480 g/mol. The molecule has 0 aliphatic heterocycles. The molecule has 0 bridgehead atoms. The van der Waals surface area contributed by atoms with E-state index in [0.29, 0.717) is 19.3 Å². The molecule has 0 aliphatic rings. The smallest absolute Gasteiger partial charge is 0.431 e. The standard InChI is InChI=1S/C24H44O12/c1-11-21(5,6)34-31-18(25)28-15-24(14-4,16-29-19(26)32-35-22(7,8)12-2)17-30-20(27)33-36-23(9,10)13-3/h11-17H2,1-10H3. The molecule has 0 fully saturated rings. The Hall–Kier alpha value is -2.31. The zero-order chi connectivity index (χ0) is 28.0. The van der Waals surface area contributed by atoms with Crippen LogP contribution in [-0.4, -0.2) is 55.1 Å². The lowest BCUT2D eigenvalue weighted by Crippen LogP contribution is -2.40. The lowest BCUT2D eigenvalue weighted by atomic mass is 9.88. The van der Waals surface area contributed by atoms with Gasteiger partial charge in [-0.05, 0) is 67.2 Å². The van der Waals surface area contributed by atoms with Gasteiger partial charge in [-0.3, -0.25) is 14.7 Å². The average molecular weight is 525 g/mol. The molecule has 36 heavy (non-hydrogen) atoms. The molecule has 0 unspecified atom stereocenters. The van der Waals surface area contributed by atoms with E-state index in [1.807, 2.05) is 20.8 Å². The Balaban J connectivity index is 5.20. The van der Waals surface area contributed by atoms with Gasteiger partial charge >= 0.3 is 18.5 Å². The largest absolute Gasteiger partial charge is 0.540 e. The normalized spacial score (nSPS) is 12.5. The molecule has 0 saturated carbocycles. The van der Waals surface area contributed by atoms with Crippen LogP contribution in [0.5, 0.6) is 0 Å². The van der Waals surface area contributed by atoms with Crippen LogP contribution in [0.25, 0.3) is 0 Å². The van der Waals surface area contributed by atoms with Gasteiger partial charge in [-0.2, -0.15) is 14.7 Å². The summed E-state index contributed by atoms with van der Waals surface area (Å²) >= 11 is 0. The quantitative estimate of drug-likeness (QED) is 0.0983. The van der Waals surface area contributed by atoms with Crippen molar-refractivity contribution >= 4 is 18.5 Å². The number of hydrogen-bond donors (Lipinski definition) is 0. The summed E-state index contributed by atoms with van der Waals surface area (Å²) in [6.07, 6.45) is -1.33. The summed E-state index contributed by atoms with van der Waals surface area (Å²) in [5.74, 6) is 0. The summed E-state index contributed by atoms with van der Waals surface area (Å²) in [5.41, 5.74) is -3.30. The zero-order valence-electron chi connectivity index (χ0n) is 23.3. The fourth-order valence-electron chi connectivity index (χ4n) is 1.76. The number of ether oxygens (including phenoxy) is 3. The van der Waals surface area contributed by atoms with E-state index in [-0.39, 0.29) is 26.2 Å². The minimum absolute atomic E-state index is 0.255. The highest BCUT2D eigenvalue weighted by Crippen LogP contribution is 2.26. The maximum Gasteiger partial charge on any atom is 0.540 e. The monoisotopic (exact) mass is 524 g/mol. The molecule has 0 aromatic rings. The van der Waals surface area contributed by atoms with Crippen LogP contribution < -0.4 is 0 Å². The van der Waals surface area contributed by atoms with E-state index in [2.05, 4.69) is 0 Å². The van der Waals surface area contributed by atoms with E-state index < -0.39 is 40.7 Å². The fraction of sp³-hybridized carbons (Fsp3) is 0.875. The van der Waals surface area contributed by atoms with Crippen LogP contribution >= 0.6 is 0 Å². The molecule has 0 aromatic carbocycles. The molecule has 12 heteroatoms. The fourth-order valence-corrected chi connectivity index (χ4v) is 1.76. The van der Waals surface area contributed by atoms with Crippen molar-refractivity contribution < 1.29 is 57.9 Å². The zero-order valence-corrected chi connectivity index (χ0v) is 23.3. The molecular formula is C24H44O12. The van der Waals surface area contributed by atoms with Crippen LogP contribution in [0.1, 0.15) is 94.9 Å². The first-order chi connectivity index (χ1) is 16.5. The summed E-state index contributed by atoms with van der Waals surface area (Å²) in [6, 6.07) is 0. The molecule has 0 atom stereocenters. The van der Waals surface area contributed by atoms with E-state index in [9.17, 15) is 14.4 Å². The number of hydrogen-bond acceptors (Lipinski definition) is 12. The van der Waals surface area contributed by atoms with Crippen molar-refractivity contribution in [3.8, 4) is 0 Å². The third-order valence-electron chi connectivity index (χ3n) is 5.80. The Morgan fingerprint density at radius 2 is 0.722 bits per heavy atom. The lowest BCUT2D eigenvalue weighted by molar-refractivity contribution is -0.323. The maximum atomic E-state index is 12.1. The van der Waals surface area contributed by atoms with Gasteiger partial charge in [0.25, 0.3) is 0 Å². The first kappa shape index (κ1) is 33.7. The molecule has 0 amide bonds. The average Bonchev–Trinajstić information content (AvgIpc) is 2.85. The molecule has 12 nitrogen and oxygen atoms in total. The maximum absolute atomic E-state index is 12.1. The Morgan fingerprint density at radius 3 is 0.917 bits per heavy atom. The van der Waals surface area contributed by atoms with Crippen molar-refractivity contribution in [1.29, 1.82) is 0 Å². The SMILES string of the molecule is CCC(COC(=O)OOC(C)(C)CC)(COC(=O)OOC(C)(C)CC)COC(=O)OOC(C)(C)CC. The summed E-state index contributed by atoms with van der Waals surface area (Å²) in [7, 11) is 0. The Morgan fingerprint density at radius 1 is 0.472 bits per heavy atom. The predicted octanol–water partition coefficient (Wildman–Crippen LogP) is 6.20. The molecule has 0 heterocycles. The highest BCUT2D eigenvalue weighted by molar-refractivity contribution is 5.60. The Labute approximate surface area is 213 Å². The van der Waals surface area contributed by atoms with Crippen molar-refractivity contribution in [2.45, 2.75) is 112 Å². The summed E-state index contributed by atoms with van der Waals surface area (Å²) in [5, 5.41) is 0. The third kappa shape index (κ3) is 14.3. The van der Waals surface area contributed by atoms with E-state index in [4.69, 9.17) is 43.5 Å². The summed E-state index contributed by atoms with van der Waals surface area (Å²) < 4.78 is 15.5. The van der Waals surface area contributed by atoms with Gasteiger partial charge in [-0.15, -0.1) is 0 Å². The second-order valence-electron chi connectivity index (χ2n) is 10.3. The van der Waals surface area contributed by atoms with Crippen molar-refractivity contribution in [3.05, 3.63) is 0 Å². The molecule has 0 radical (unpaired) electrons. The molecule has 212 valence electrons. The van der Waals surface area contributed by atoms with Gasteiger partial charge in [0.1, 0.15) is 36.6 Å². The van der Waals surface area contributed by atoms with Gasteiger partial charge in [0.15, 0.2) is 0 Å². The van der Waals surface area contributed by atoms with Gasteiger partial charge < -0.3 is 14.2 Å². The summed E-state index contributed by atoms with van der Waals surface area (Å²) in [4.78, 5) is 65.5. The lowest BCUT2D eigenvalue weighted by Gasteiger charge is -2.30. The van der Waals surface area contributed by atoms with Crippen LogP contribution in [0, 0.1) is 5.41 Å². The van der Waals surface area contributed by atoms with Gasteiger partial charge in [-0.25, -0.2) is 14.4 Å². The van der Waals surface area contributed by atoms with Crippen LogP contribution in [0.4, 0.5) is 14.4 Å². The minimum Gasteiger partial charge on any atom is -0.431 e. The van der Waals surface area contributed by atoms with E-state index in [1.165, 1.54) is 0 Å². The first-order valence-electron chi connectivity index (χ1n) is 12.1. The highest BCUT2D eigenvalue weighted by atomic mass is 17.2. The predicted molar refractivity (Wildman–Crippen MR) is 126 cm³/mol. The van der Waals surface area contributed by atoms with Crippen molar-refractivity contribution in [1.82, 2.24) is 0 Å². The third-order valence-corrected chi connectivity index (χ3v) is 5.80. The molecule has 0 rings (SSSR count). The van der Waals surface area contributed by atoms with Crippen LogP contribution in [0.2, 0.25) is 0 Å². The van der Waals surface area contributed by atoms with Crippen LogP contribution in [0.15, 0.2) is 0 Å². The second kappa shape index (κ2) is 15.1. The topological polar surface area (TPSA) is 134 Å². The van der Waals surface area contributed by atoms with Gasteiger partial charge in [0.2, 0.25) is 0 Å². The minimum atomic E-state index is -1.17. The number of carbonyl (C=O) groups excluding carboxylic acids is 3. The van der Waals surface area contributed by atoms with Crippen LogP contribution in [-0.2, 0) is 43.5 Å². The van der Waals surface area contributed by atoms with E-state index in [0.717, 1.165) is 0 Å². The van der Waals surface area contributed by atoms with Gasteiger partial charge in [0.05, 0.1) is 5.41 Å². The first-order valence-corrected chi connectivity index (χ1v) is 12.1. The van der Waals surface area contributed by atoms with Crippen molar-refractivity contribution in [2.75, 3.05) is 19.8 Å². The van der Waals surface area contributed by atoms with Crippen molar-refractivity contribution in [2.24, 2.45) is 5.41 Å². The molecule has 0 spiro atoms. The van der Waals surface area contributed by atoms with Crippen molar-refractivity contribution in [3.63, 3.8) is 0 Å². The van der Waals surface area contributed by atoms with E-state index >= 15 is 0 Å². The molecule has 0 aliphatic carbocycles. The molecule has 0 saturated heterocycles. The number of carbonyl (C=O) groups is 3. The van der Waals surface area contributed by atoms with Crippen LogP contribution in [0.3, 0.4) is 0 Å². The Kier molecular flexibility index (Phi) is 14.1. The summed E-state index contributed by atoms with van der Waals surface area (Å²) in [6.45, 7) is 16.7.